The van der Waals surface area contributed by atoms with Crippen molar-refractivity contribution in [2.45, 2.75) is 53.0 Å². The van der Waals surface area contributed by atoms with Crippen molar-refractivity contribution in [2.75, 3.05) is 18.4 Å². The van der Waals surface area contributed by atoms with Crippen molar-refractivity contribution < 1.29 is 9.90 Å². The molecule has 0 atom stereocenters. The van der Waals surface area contributed by atoms with E-state index in [9.17, 15) is 9.90 Å². The Hall–Kier alpha value is -1.55. The molecule has 0 saturated heterocycles. The highest BCUT2D eigenvalue weighted by atomic mass is 16.3. The Kier molecular flexibility index (Phi) is 7.83. The van der Waals surface area contributed by atoms with Gasteiger partial charge in [-0.3, -0.25) is 9.69 Å². The van der Waals surface area contributed by atoms with E-state index in [1.807, 2.05) is 12.1 Å². The third-order valence-corrected chi connectivity index (χ3v) is 3.46. The molecule has 0 unspecified atom stereocenters. The summed E-state index contributed by atoms with van der Waals surface area (Å²) in [6.07, 6.45) is 4.70. The van der Waals surface area contributed by atoms with Crippen molar-refractivity contribution >= 4 is 11.6 Å². The second-order valence-electron chi connectivity index (χ2n) is 5.51. The van der Waals surface area contributed by atoms with Gasteiger partial charge in [0.1, 0.15) is 5.75 Å². The minimum absolute atomic E-state index is 0.130. The highest BCUT2D eigenvalue weighted by Crippen LogP contribution is 2.23. The summed E-state index contributed by atoms with van der Waals surface area (Å²) >= 11 is 0. The van der Waals surface area contributed by atoms with Gasteiger partial charge in [0.15, 0.2) is 0 Å². The number of aromatic hydroxyl groups is 1. The van der Waals surface area contributed by atoms with Crippen LogP contribution in [0.15, 0.2) is 18.2 Å². The van der Waals surface area contributed by atoms with Crippen molar-refractivity contribution in [1.29, 1.82) is 0 Å². The number of carbonyl (C=O) groups is 1. The van der Waals surface area contributed by atoms with Crippen LogP contribution in [-0.4, -0.2) is 29.0 Å². The van der Waals surface area contributed by atoms with Gasteiger partial charge < -0.3 is 10.4 Å². The molecule has 21 heavy (non-hydrogen) atoms. The molecule has 0 aromatic heterocycles. The number of amides is 1. The van der Waals surface area contributed by atoms with E-state index in [4.69, 9.17) is 0 Å². The van der Waals surface area contributed by atoms with E-state index in [1.165, 1.54) is 32.6 Å². The van der Waals surface area contributed by atoms with E-state index in [0.29, 0.717) is 5.69 Å². The number of anilines is 1. The molecule has 0 bridgehead atoms. The highest BCUT2D eigenvalue weighted by Gasteiger charge is 2.09. The number of carbonyl (C=O) groups excluding carboxylic acids is 1. The lowest BCUT2D eigenvalue weighted by Gasteiger charge is -2.22. The summed E-state index contributed by atoms with van der Waals surface area (Å²) in [4.78, 5) is 13.4. The Morgan fingerprint density at radius 3 is 2.29 bits per heavy atom. The topological polar surface area (TPSA) is 52.6 Å². The van der Waals surface area contributed by atoms with Gasteiger partial charge >= 0.3 is 0 Å². The number of phenols is 1. The van der Waals surface area contributed by atoms with Gasteiger partial charge in [0.2, 0.25) is 5.91 Å². The lowest BCUT2D eigenvalue weighted by molar-refractivity contribution is -0.114. The normalized spacial score (nSPS) is 10.9. The number of hydrogen-bond donors (Lipinski definition) is 2. The molecule has 0 saturated carbocycles. The van der Waals surface area contributed by atoms with Gasteiger partial charge in [-0.25, -0.2) is 0 Å². The van der Waals surface area contributed by atoms with E-state index in [0.717, 1.165) is 25.2 Å². The molecule has 0 heterocycles. The van der Waals surface area contributed by atoms with E-state index < -0.39 is 0 Å². The lowest BCUT2D eigenvalue weighted by Crippen LogP contribution is -2.25. The lowest BCUT2D eigenvalue weighted by atomic mass is 10.1. The molecule has 0 radical (unpaired) electrons. The first-order chi connectivity index (χ1) is 10.1. The molecule has 118 valence electrons. The summed E-state index contributed by atoms with van der Waals surface area (Å²) in [6, 6.07) is 5.36. The van der Waals surface area contributed by atoms with E-state index in [-0.39, 0.29) is 11.7 Å². The highest BCUT2D eigenvalue weighted by molar-refractivity contribution is 5.88. The SMILES string of the molecule is CCCCN(CCCC)Cc1ccc(NC(C)=O)cc1O. The Morgan fingerprint density at radius 2 is 1.81 bits per heavy atom. The van der Waals surface area contributed by atoms with Crippen molar-refractivity contribution in [3.05, 3.63) is 23.8 Å². The van der Waals surface area contributed by atoms with Gasteiger partial charge in [0, 0.05) is 30.8 Å². The Labute approximate surface area is 128 Å². The number of hydrogen-bond acceptors (Lipinski definition) is 3. The van der Waals surface area contributed by atoms with Gasteiger partial charge in [0.25, 0.3) is 0 Å². The van der Waals surface area contributed by atoms with Crippen LogP contribution < -0.4 is 5.32 Å². The van der Waals surface area contributed by atoms with Gasteiger partial charge in [-0.1, -0.05) is 32.8 Å². The Balaban J connectivity index is 2.70. The Morgan fingerprint density at radius 1 is 1.19 bits per heavy atom. The van der Waals surface area contributed by atoms with Crippen molar-refractivity contribution in [1.82, 2.24) is 4.90 Å². The molecular weight excluding hydrogens is 264 g/mol. The fourth-order valence-electron chi connectivity index (χ4n) is 2.25. The third-order valence-electron chi connectivity index (χ3n) is 3.46. The van der Waals surface area contributed by atoms with E-state index in [1.54, 1.807) is 6.07 Å². The van der Waals surface area contributed by atoms with Crippen molar-refractivity contribution in [2.24, 2.45) is 0 Å². The second kappa shape index (κ2) is 9.40. The summed E-state index contributed by atoms with van der Waals surface area (Å²) in [7, 11) is 0. The monoisotopic (exact) mass is 292 g/mol. The second-order valence-corrected chi connectivity index (χ2v) is 5.51. The van der Waals surface area contributed by atoms with E-state index >= 15 is 0 Å². The zero-order chi connectivity index (χ0) is 15.7. The van der Waals surface area contributed by atoms with E-state index in [2.05, 4.69) is 24.1 Å². The number of benzene rings is 1. The first-order valence-electron chi connectivity index (χ1n) is 7.88. The minimum Gasteiger partial charge on any atom is -0.508 e. The number of phenolic OH excluding ortho intramolecular Hbond substituents is 1. The average molecular weight is 292 g/mol. The molecule has 0 spiro atoms. The van der Waals surface area contributed by atoms with Crippen LogP contribution in [0.1, 0.15) is 52.0 Å². The predicted molar refractivity (Wildman–Crippen MR) is 87.5 cm³/mol. The smallest absolute Gasteiger partial charge is 0.221 e. The Bertz CT molecular complexity index is 438. The maximum absolute atomic E-state index is 11.0. The molecule has 0 aliphatic rings. The minimum atomic E-state index is -0.130. The maximum atomic E-state index is 11.0. The molecule has 1 aromatic rings. The van der Waals surface area contributed by atoms with Gasteiger partial charge in [-0.15, -0.1) is 0 Å². The van der Waals surface area contributed by atoms with Crippen LogP contribution in [0.4, 0.5) is 5.69 Å². The molecule has 2 N–H and O–H groups in total. The van der Waals surface area contributed by atoms with Crippen LogP contribution in [-0.2, 0) is 11.3 Å². The van der Waals surface area contributed by atoms with Crippen LogP contribution in [0, 0.1) is 0 Å². The molecule has 0 fully saturated rings. The van der Waals surface area contributed by atoms with Crippen LogP contribution in [0.2, 0.25) is 0 Å². The quantitative estimate of drug-likeness (QED) is 0.729. The van der Waals surface area contributed by atoms with Gasteiger partial charge in [-0.2, -0.15) is 0 Å². The molecule has 0 aliphatic carbocycles. The van der Waals surface area contributed by atoms with Crippen molar-refractivity contribution in [3.8, 4) is 5.75 Å². The maximum Gasteiger partial charge on any atom is 0.221 e. The molecule has 4 nitrogen and oxygen atoms in total. The standard InChI is InChI=1S/C17H28N2O2/c1-4-6-10-19(11-7-5-2)13-15-8-9-16(12-17(15)21)18-14(3)20/h8-9,12,21H,4-7,10-11,13H2,1-3H3,(H,18,20). The summed E-state index contributed by atoms with van der Waals surface area (Å²) in [5, 5.41) is 12.8. The zero-order valence-corrected chi connectivity index (χ0v) is 13.5. The molecular formula is C17H28N2O2. The molecule has 0 aliphatic heterocycles. The summed E-state index contributed by atoms with van der Waals surface area (Å²) in [5.41, 5.74) is 1.55. The molecule has 4 heteroatoms. The largest absolute Gasteiger partial charge is 0.508 e. The summed E-state index contributed by atoms with van der Waals surface area (Å²) in [5.74, 6) is 0.119. The third kappa shape index (κ3) is 6.63. The summed E-state index contributed by atoms with van der Waals surface area (Å²) < 4.78 is 0. The number of nitrogens with one attached hydrogen (secondary N) is 1. The van der Waals surface area contributed by atoms with Crippen LogP contribution in [0.5, 0.6) is 5.75 Å². The summed E-state index contributed by atoms with van der Waals surface area (Å²) in [6.45, 7) is 8.72. The average Bonchev–Trinajstić information content (AvgIpc) is 2.43. The first kappa shape index (κ1) is 17.5. The van der Waals surface area contributed by atoms with Gasteiger partial charge in [-0.05, 0) is 32.0 Å². The number of rotatable bonds is 9. The van der Waals surface area contributed by atoms with Crippen LogP contribution in [0.3, 0.4) is 0 Å². The number of unbranched alkanes of at least 4 members (excludes halogenated alkanes) is 2. The fourth-order valence-corrected chi connectivity index (χ4v) is 2.25. The molecule has 1 aromatic carbocycles. The fraction of sp³-hybridized carbons (Fsp3) is 0.588. The molecule has 1 amide bonds. The van der Waals surface area contributed by atoms with Crippen LogP contribution in [0.25, 0.3) is 0 Å². The molecule has 1 rings (SSSR count). The van der Waals surface area contributed by atoms with Crippen molar-refractivity contribution in [3.63, 3.8) is 0 Å². The zero-order valence-electron chi connectivity index (χ0n) is 13.5. The van der Waals surface area contributed by atoms with Crippen LogP contribution >= 0.6 is 0 Å². The number of nitrogens with zero attached hydrogens (tertiary/aromatic N) is 1. The predicted octanol–water partition coefficient (Wildman–Crippen LogP) is 3.75. The van der Waals surface area contributed by atoms with Gasteiger partial charge in [0.05, 0.1) is 0 Å². The first-order valence-corrected chi connectivity index (χ1v) is 7.88.